The third kappa shape index (κ3) is 4.78. The van der Waals surface area contributed by atoms with Gasteiger partial charge in [-0.15, -0.1) is 0 Å². The maximum atomic E-state index is 12.5. The number of carboxylic acid groups (broad SMARTS) is 1. The van der Waals surface area contributed by atoms with Gasteiger partial charge in [0, 0.05) is 18.7 Å². The lowest BCUT2D eigenvalue weighted by molar-refractivity contribution is -0.147. The number of aliphatic carboxylic acids is 1. The van der Waals surface area contributed by atoms with Crippen LogP contribution in [0, 0.1) is 0 Å². The molecule has 2 amide bonds. The number of likely N-dealkylation sites (N-methyl/N-ethyl adjacent to an activating group) is 1. The second kappa shape index (κ2) is 9.79. The Balaban J connectivity index is 1.38. The van der Waals surface area contributed by atoms with Gasteiger partial charge < -0.3 is 14.7 Å². The number of fused-ring (bicyclic) bond motifs is 3. The lowest BCUT2D eigenvalue weighted by Crippen LogP contribution is -2.41. The van der Waals surface area contributed by atoms with Gasteiger partial charge in [0.2, 0.25) is 5.91 Å². The van der Waals surface area contributed by atoms with Crippen molar-refractivity contribution in [3.63, 3.8) is 0 Å². The molecule has 0 spiro atoms. The predicted octanol–water partition coefficient (Wildman–Crippen LogP) is 4.52. The maximum absolute atomic E-state index is 12.5. The van der Waals surface area contributed by atoms with Crippen molar-refractivity contribution in [2.45, 2.75) is 25.3 Å². The molecule has 4 rings (SSSR count). The summed E-state index contributed by atoms with van der Waals surface area (Å²) < 4.78 is 5.57. The molecule has 34 heavy (non-hydrogen) atoms. The highest BCUT2D eigenvalue weighted by Gasteiger charge is 2.29. The number of nitrogens with zero attached hydrogens (tertiary/aromatic N) is 1. The summed E-state index contributed by atoms with van der Waals surface area (Å²) in [4.78, 5) is 37.2. The van der Waals surface area contributed by atoms with Crippen LogP contribution < -0.4 is 5.32 Å². The monoisotopic (exact) mass is 458 g/mol. The van der Waals surface area contributed by atoms with E-state index in [9.17, 15) is 14.4 Å². The first-order chi connectivity index (χ1) is 16.3. The molecule has 0 aromatic heterocycles. The minimum Gasteiger partial charge on any atom is -0.480 e. The van der Waals surface area contributed by atoms with Crippen molar-refractivity contribution in [1.29, 1.82) is 0 Å². The van der Waals surface area contributed by atoms with Crippen LogP contribution in [0.1, 0.15) is 29.5 Å². The highest BCUT2D eigenvalue weighted by Crippen LogP contribution is 2.44. The van der Waals surface area contributed by atoms with Crippen LogP contribution in [-0.2, 0) is 20.7 Å². The van der Waals surface area contributed by atoms with E-state index < -0.39 is 18.1 Å². The van der Waals surface area contributed by atoms with E-state index in [1.165, 1.54) is 18.9 Å². The molecular weight excluding hydrogens is 432 g/mol. The van der Waals surface area contributed by atoms with Gasteiger partial charge in [-0.3, -0.25) is 10.1 Å². The molecule has 7 nitrogen and oxygen atoms in total. The van der Waals surface area contributed by atoms with Crippen molar-refractivity contribution in [2.75, 3.05) is 19.0 Å². The summed E-state index contributed by atoms with van der Waals surface area (Å²) in [6.07, 6.45) is -0.559. The number of carbonyl (C=O) groups excluding carboxylic acids is 2. The Morgan fingerprint density at radius 1 is 0.971 bits per heavy atom. The molecule has 0 saturated heterocycles. The van der Waals surface area contributed by atoms with Gasteiger partial charge in [-0.2, -0.15) is 0 Å². The molecule has 0 heterocycles. The zero-order valence-electron chi connectivity index (χ0n) is 19.0. The molecule has 0 bridgehead atoms. The number of amides is 2. The van der Waals surface area contributed by atoms with Crippen LogP contribution in [0.25, 0.3) is 11.1 Å². The number of hydrogen-bond acceptors (Lipinski definition) is 4. The minimum absolute atomic E-state index is 0.0222. The molecule has 3 aromatic rings. The molecule has 1 aliphatic rings. The quantitative estimate of drug-likeness (QED) is 0.543. The first-order valence-electron chi connectivity index (χ1n) is 11.0. The predicted molar refractivity (Wildman–Crippen MR) is 129 cm³/mol. The Kier molecular flexibility index (Phi) is 6.63. The van der Waals surface area contributed by atoms with E-state index in [2.05, 4.69) is 29.6 Å². The number of benzene rings is 3. The molecule has 0 saturated carbocycles. The second-order valence-electron chi connectivity index (χ2n) is 8.35. The lowest BCUT2D eigenvalue weighted by Gasteiger charge is -2.21. The molecule has 1 atom stereocenters. The fraction of sp³-hybridized carbons (Fsp3) is 0.222. The molecule has 7 heteroatoms. The molecular formula is C27H26N2O5. The average Bonchev–Trinajstić information content (AvgIpc) is 3.15. The van der Waals surface area contributed by atoms with Crippen molar-refractivity contribution in [3.05, 3.63) is 89.5 Å². The molecule has 1 unspecified atom stereocenters. The van der Waals surface area contributed by atoms with Crippen LogP contribution in [0.4, 0.5) is 10.5 Å². The Morgan fingerprint density at radius 2 is 1.59 bits per heavy atom. The largest absolute Gasteiger partial charge is 0.480 e. The van der Waals surface area contributed by atoms with Crippen LogP contribution in [0.3, 0.4) is 0 Å². The topological polar surface area (TPSA) is 95.9 Å². The van der Waals surface area contributed by atoms with E-state index in [0.717, 1.165) is 22.3 Å². The summed E-state index contributed by atoms with van der Waals surface area (Å²) >= 11 is 0. The smallest absolute Gasteiger partial charge is 0.411 e. The Hall–Kier alpha value is -4.13. The van der Waals surface area contributed by atoms with Gasteiger partial charge in [0.1, 0.15) is 12.6 Å². The number of anilines is 1. The molecule has 3 aromatic carbocycles. The van der Waals surface area contributed by atoms with Gasteiger partial charge in [0.05, 0.1) is 6.42 Å². The summed E-state index contributed by atoms with van der Waals surface area (Å²) in [6.45, 7) is 1.66. The van der Waals surface area contributed by atoms with E-state index in [1.807, 2.05) is 24.3 Å². The standard InChI is InChI=1S/C27H26N2O5/c1-17(26(31)32)29(2)25(30)15-18-8-7-9-19(14-18)28-27(33)34-16-24-22-12-5-3-10-20(22)21-11-4-6-13-23(21)24/h3-14,17,24H,15-16H2,1-2H3,(H,28,33)(H,31,32). The summed E-state index contributed by atoms with van der Waals surface area (Å²) in [5.41, 5.74) is 5.74. The second-order valence-corrected chi connectivity index (χ2v) is 8.35. The van der Waals surface area contributed by atoms with Crippen molar-refractivity contribution < 1.29 is 24.2 Å². The molecule has 174 valence electrons. The SMILES string of the molecule is CC(C(=O)O)N(C)C(=O)Cc1cccc(NC(=O)OCC2c3ccccc3-c3ccccc32)c1. The third-order valence-electron chi connectivity index (χ3n) is 6.20. The number of ether oxygens (including phenoxy) is 1. The fourth-order valence-electron chi connectivity index (χ4n) is 4.19. The van der Waals surface area contributed by atoms with Gasteiger partial charge in [-0.25, -0.2) is 9.59 Å². The molecule has 0 radical (unpaired) electrons. The van der Waals surface area contributed by atoms with Gasteiger partial charge in [-0.05, 0) is 46.9 Å². The average molecular weight is 459 g/mol. The van der Waals surface area contributed by atoms with Crippen LogP contribution >= 0.6 is 0 Å². The van der Waals surface area contributed by atoms with Crippen molar-refractivity contribution in [2.24, 2.45) is 0 Å². The minimum atomic E-state index is -1.07. The number of carbonyl (C=O) groups is 3. The number of carboxylic acids is 1. The van der Waals surface area contributed by atoms with Gasteiger partial charge in [0.15, 0.2) is 0 Å². The highest BCUT2D eigenvalue weighted by atomic mass is 16.5. The number of rotatable bonds is 7. The summed E-state index contributed by atoms with van der Waals surface area (Å²) in [5.74, 6) is -1.43. The lowest BCUT2D eigenvalue weighted by atomic mass is 9.98. The fourth-order valence-corrected chi connectivity index (χ4v) is 4.19. The molecule has 0 fully saturated rings. The zero-order chi connectivity index (χ0) is 24.2. The summed E-state index contributed by atoms with van der Waals surface area (Å²) in [6, 6.07) is 22.2. The van der Waals surface area contributed by atoms with Gasteiger partial charge >= 0.3 is 12.1 Å². The maximum Gasteiger partial charge on any atom is 0.411 e. The van der Waals surface area contributed by atoms with E-state index >= 15 is 0 Å². The Labute approximate surface area is 198 Å². The van der Waals surface area contributed by atoms with E-state index in [-0.39, 0.29) is 24.9 Å². The van der Waals surface area contributed by atoms with Gasteiger partial charge in [0.25, 0.3) is 0 Å². The number of hydrogen-bond donors (Lipinski definition) is 2. The van der Waals surface area contributed by atoms with Crippen molar-refractivity contribution in [3.8, 4) is 11.1 Å². The molecule has 1 aliphatic carbocycles. The van der Waals surface area contributed by atoms with Gasteiger partial charge in [-0.1, -0.05) is 60.7 Å². The Morgan fingerprint density at radius 3 is 2.21 bits per heavy atom. The normalized spacial score (nSPS) is 12.9. The van der Waals surface area contributed by atoms with Crippen LogP contribution in [-0.4, -0.2) is 47.7 Å². The molecule has 2 N–H and O–H groups in total. The van der Waals surface area contributed by atoms with E-state index in [1.54, 1.807) is 24.3 Å². The van der Waals surface area contributed by atoms with Crippen molar-refractivity contribution in [1.82, 2.24) is 4.90 Å². The summed E-state index contributed by atoms with van der Waals surface area (Å²) in [5, 5.41) is 11.8. The summed E-state index contributed by atoms with van der Waals surface area (Å²) in [7, 11) is 1.46. The first-order valence-corrected chi connectivity index (χ1v) is 11.0. The zero-order valence-corrected chi connectivity index (χ0v) is 19.0. The van der Waals surface area contributed by atoms with E-state index in [0.29, 0.717) is 11.3 Å². The number of nitrogens with one attached hydrogen (secondary N) is 1. The van der Waals surface area contributed by atoms with E-state index in [4.69, 9.17) is 9.84 Å². The van der Waals surface area contributed by atoms with Crippen LogP contribution in [0.15, 0.2) is 72.8 Å². The highest BCUT2D eigenvalue weighted by molar-refractivity contribution is 5.87. The Bertz CT molecular complexity index is 1190. The van der Waals surface area contributed by atoms with Crippen LogP contribution in [0.5, 0.6) is 0 Å². The van der Waals surface area contributed by atoms with Crippen molar-refractivity contribution >= 4 is 23.7 Å². The molecule has 0 aliphatic heterocycles. The first kappa shape index (κ1) is 23.0. The third-order valence-corrected chi connectivity index (χ3v) is 6.20. The van der Waals surface area contributed by atoms with Crippen LogP contribution in [0.2, 0.25) is 0 Å².